The van der Waals surface area contributed by atoms with E-state index in [2.05, 4.69) is 5.32 Å². The van der Waals surface area contributed by atoms with Crippen molar-refractivity contribution in [2.24, 2.45) is 0 Å². The Kier molecular flexibility index (Phi) is 8.32. The quantitative estimate of drug-likeness (QED) is 0.568. The fourth-order valence-electron chi connectivity index (χ4n) is 4.00. The van der Waals surface area contributed by atoms with Crippen molar-refractivity contribution in [1.29, 1.82) is 0 Å². The Morgan fingerprint density at radius 1 is 1.03 bits per heavy atom. The number of carbonyl (C=O) groups excluding carboxylic acids is 3. The number of benzene rings is 2. The lowest BCUT2D eigenvalue weighted by Gasteiger charge is -2.25. The number of aliphatic carboxylic acids is 1. The molecular formula is C25H29N3O5. The zero-order valence-electron chi connectivity index (χ0n) is 18.6. The lowest BCUT2D eigenvalue weighted by Crippen LogP contribution is -2.49. The highest BCUT2D eigenvalue weighted by molar-refractivity contribution is 5.98. The van der Waals surface area contributed by atoms with Gasteiger partial charge in [0.15, 0.2) is 5.78 Å². The van der Waals surface area contributed by atoms with Gasteiger partial charge in [-0.2, -0.15) is 0 Å². The summed E-state index contributed by atoms with van der Waals surface area (Å²) in [5.74, 6) is -1.89. The predicted octanol–water partition coefficient (Wildman–Crippen LogP) is 1.60. The Morgan fingerprint density at radius 2 is 1.67 bits per heavy atom. The van der Waals surface area contributed by atoms with Crippen LogP contribution in [0.3, 0.4) is 0 Å². The van der Waals surface area contributed by atoms with Crippen molar-refractivity contribution in [2.45, 2.75) is 31.3 Å². The molecule has 1 unspecified atom stereocenters. The molecule has 1 heterocycles. The molecule has 2 N–H and O–H groups in total. The molecular weight excluding hydrogens is 422 g/mol. The van der Waals surface area contributed by atoms with Gasteiger partial charge in [-0.15, -0.1) is 0 Å². The normalized spacial score (nSPS) is 16.4. The summed E-state index contributed by atoms with van der Waals surface area (Å²) in [6.45, 7) is 0.283. The molecule has 1 aliphatic heterocycles. The highest BCUT2D eigenvalue weighted by atomic mass is 16.4. The number of hydrogen-bond acceptors (Lipinski definition) is 5. The number of rotatable bonds is 10. The van der Waals surface area contributed by atoms with Crippen LogP contribution in [0.25, 0.3) is 0 Å². The number of carbonyl (C=O) groups is 4. The first-order chi connectivity index (χ1) is 15.8. The Labute approximate surface area is 193 Å². The van der Waals surface area contributed by atoms with Crippen molar-refractivity contribution in [1.82, 2.24) is 15.1 Å². The summed E-state index contributed by atoms with van der Waals surface area (Å²) in [4.78, 5) is 52.7. The second-order valence-electron chi connectivity index (χ2n) is 8.30. The minimum Gasteiger partial charge on any atom is -0.480 e. The summed E-state index contributed by atoms with van der Waals surface area (Å²) in [5, 5.41) is 12.1. The minimum atomic E-state index is -1.01. The molecule has 174 valence electrons. The maximum absolute atomic E-state index is 13.1. The van der Waals surface area contributed by atoms with Gasteiger partial charge in [0.05, 0.1) is 19.1 Å². The molecule has 2 atom stereocenters. The third-order valence-corrected chi connectivity index (χ3v) is 5.70. The highest BCUT2D eigenvalue weighted by Gasteiger charge is 2.34. The zero-order valence-corrected chi connectivity index (χ0v) is 18.6. The second kappa shape index (κ2) is 11.4. The third-order valence-electron chi connectivity index (χ3n) is 5.70. The molecule has 1 aliphatic rings. The average molecular weight is 452 g/mol. The average Bonchev–Trinajstić information content (AvgIpc) is 3.30. The van der Waals surface area contributed by atoms with E-state index in [1.54, 1.807) is 36.2 Å². The predicted molar refractivity (Wildman–Crippen MR) is 123 cm³/mol. The first kappa shape index (κ1) is 24.1. The van der Waals surface area contributed by atoms with Crippen molar-refractivity contribution < 1.29 is 24.3 Å². The third kappa shape index (κ3) is 6.73. The van der Waals surface area contributed by atoms with Crippen LogP contribution in [0.2, 0.25) is 0 Å². The van der Waals surface area contributed by atoms with E-state index in [1.807, 2.05) is 36.4 Å². The Bertz CT molecular complexity index is 980. The first-order valence-electron chi connectivity index (χ1n) is 11.0. The van der Waals surface area contributed by atoms with E-state index < -0.39 is 18.1 Å². The van der Waals surface area contributed by atoms with Crippen molar-refractivity contribution in [3.8, 4) is 0 Å². The number of amides is 2. The van der Waals surface area contributed by atoms with Crippen molar-refractivity contribution in [3.05, 3.63) is 71.8 Å². The fraction of sp³-hybridized carbons (Fsp3) is 0.360. The molecule has 0 saturated carbocycles. The molecule has 33 heavy (non-hydrogen) atoms. The Hall–Kier alpha value is -3.52. The van der Waals surface area contributed by atoms with Crippen LogP contribution in [-0.2, 0) is 20.8 Å². The van der Waals surface area contributed by atoms with E-state index in [4.69, 9.17) is 0 Å². The number of Topliss-reactive ketones (excluding diaryl/α,β-unsaturated/α-hetero) is 1. The molecule has 0 aromatic heterocycles. The van der Waals surface area contributed by atoms with Crippen molar-refractivity contribution in [2.75, 3.05) is 26.7 Å². The van der Waals surface area contributed by atoms with Gasteiger partial charge in [0.2, 0.25) is 5.91 Å². The molecule has 2 amide bonds. The molecule has 8 heteroatoms. The standard InChI is InChI=1S/C25H29N3O5/c1-27(17-23(30)28-14-8-13-21(28)25(32)33)16-22(29)20(15-18-9-4-2-5-10-18)26-24(31)19-11-6-3-7-12-19/h2-7,9-12,20-21H,8,13-17H2,1H3,(H,26,31)(H,32,33)/t20?,21-/m0/s1. The van der Waals surface area contributed by atoms with Gasteiger partial charge in [-0.25, -0.2) is 4.79 Å². The van der Waals surface area contributed by atoms with Gasteiger partial charge in [0.25, 0.3) is 5.91 Å². The number of carboxylic acids is 1. The van der Waals surface area contributed by atoms with E-state index in [9.17, 15) is 24.3 Å². The number of nitrogens with one attached hydrogen (secondary N) is 1. The molecule has 0 radical (unpaired) electrons. The number of carboxylic acid groups (broad SMARTS) is 1. The van der Waals surface area contributed by atoms with Gasteiger partial charge in [0.1, 0.15) is 6.04 Å². The number of hydrogen-bond donors (Lipinski definition) is 2. The molecule has 1 saturated heterocycles. The Balaban J connectivity index is 1.65. The molecule has 3 rings (SSSR count). The summed E-state index contributed by atoms with van der Waals surface area (Å²) < 4.78 is 0. The maximum atomic E-state index is 13.1. The fourth-order valence-corrected chi connectivity index (χ4v) is 4.00. The number of likely N-dealkylation sites (tertiary alicyclic amines) is 1. The van der Waals surface area contributed by atoms with Crippen LogP contribution in [0.15, 0.2) is 60.7 Å². The number of ketones is 1. The summed E-state index contributed by atoms with van der Waals surface area (Å²) in [5.41, 5.74) is 1.37. The van der Waals surface area contributed by atoms with Gasteiger partial charge in [-0.1, -0.05) is 48.5 Å². The Morgan fingerprint density at radius 3 is 2.30 bits per heavy atom. The van der Waals surface area contributed by atoms with Crippen LogP contribution in [0, 0.1) is 0 Å². The number of nitrogens with zero attached hydrogens (tertiary/aromatic N) is 2. The van der Waals surface area contributed by atoms with E-state index in [-0.39, 0.29) is 30.7 Å². The van der Waals surface area contributed by atoms with E-state index in [1.165, 1.54) is 4.90 Å². The summed E-state index contributed by atoms with van der Waals surface area (Å²) in [6.07, 6.45) is 1.41. The second-order valence-corrected chi connectivity index (χ2v) is 8.30. The topological polar surface area (TPSA) is 107 Å². The lowest BCUT2D eigenvalue weighted by molar-refractivity contribution is -0.148. The van der Waals surface area contributed by atoms with E-state index >= 15 is 0 Å². The molecule has 8 nitrogen and oxygen atoms in total. The molecule has 0 aliphatic carbocycles. The van der Waals surface area contributed by atoms with Gasteiger partial charge in [-0.3, -0.25) is 19.3 Å². The van der Waals surface area contributed by atoms with Gasteiger partial charge in [-0.05, 0) is 44.0 Å². The van der Waals surface area contributed by atoms with E-state index in [0.29, 0.717) is 31.4 Å². The molecule has 1 fully saturated rings. The van der Waals surface area contributed by atoms with Gasteiger partial charge < -0.3 is 15.3 Å². The molecule has 2 aromatic carbocycles. The first-order valence-corrected chi connectivity index (χ1v) is 11.0. The highest BCUT2D eigenvalue weighted by Crippen LogP contribution is 2.17. The molecule has 2 aromatic rings. The van der Waals surface area contributed by atoms with E-state index in [0.717, 1.165) is 5.56 Å². The summed E-state index contributed by atoms with van der Waals surface area (Å²) in [6, 6.07) is 16.5. The maximum Gasteiger partial charge on any atom is 0.326 e. The van der Waals surface area contributed by atoms with Gasteiger partial charge >= 0.3 is 5.97 Å². The number of likely N-dealkylation sites (N-methyl/N-ethyl adjacent to an activating group) is 1. The van der Waals surface area contributed by atoms with Crippen LogP contribution in [0.4, 0.5) is 0 Å². The van der Waals surface area contributed by atoms with Crippen LogP contribution >= 0.6 is 0 Å². The summed E-state index contributed by atoms with van der Waals surface area (Å²) >= 11 is 0. The van der Waals surface area contributed by atoms with Crippen LogP contribution in [-0.4, -0.2) is 77.2 Å². The van der Waals surface area contributed by atoms with Gasteiger partial charge in [0, 0.05) is 12.1 Å². The smallest absolute Gasteiger partial charge is 0.326 e. The monoisotopic (exact) mass is 451 g/mol. The van der Waals surface area contributed by atoms with Crippen LogP contribution in [0.5, 0.6) is 0 Å². The zero-order chi connectivity index (χ0) is 23.8. The largest absolute Gasteiger partial charge is 0.480 e. The molecule has 0 bridgehead atoms. The van der Waals surface area contributed by atoms with Crippen LogP contribution < -0.4 is 5.32 Å². The SMILES string of the molecule is CN(CC(=O)C(Cc1ccccc1)NC(=O)c1ccccc1)CC(=O)N1CCC[C@H]1C(=O)O. The minimum absolute atomic E-state index is 0.0517. The van der Waals surface area contributed by atoms with Crippen molar-refractivity contribution >= 4 is 23.6 Å². The molecule has 0 spiro atoms. The summed E-state index contributed by atoms with van der Waals surface area (Å²) in [7, 11) is 1.64. The van der Waals surface area contributed by atoms with Crippen molar-refractivity contribution in [3.63, 3.8) is 0 Å². The lowest BCUT2D eigenvalue weighted by atomic mass is 10.0. The van der Waals surface area contributed by atoms with Crippen LogP contribution in [0.1, 0.15) is 28.8 Å².